The molecule has 2 unspecified atom stereocenters. The Morgan fingerprint density at radius 1 is 0.276 bits per heavy atom. The zero-order valence-corrected chi connectivity index (χ0v) is 65.9. The molecular weight excluding hydrogens is 1280 g/mol. The second-order valence-corrected chi connectivity index (χ2v) is 32.3. The number of esters is 4. The summed E-state index contributed by atoms with van der Waals surface area (Å²) in [6.45, 7) is 9.50. The molecule has 5 atom stereocenters. The fourth-order valence-electron chi connectivity index (χ4n) is 12.2. The van der Waals surface area contributed by atoms with Crippen molar-refractivity contribution in [3.63, 3.8) is 0 Å². The number of aliphatic hydroxyl groups is 1. The number of rotatable bonds is 78. The smallest absolute Gasteiger partial charge is 0.462 e. The SMILES string of the molecule is CCCCCCCCCCCCCCCCCCCCCCCC(=O)OC[C@H](COP(=O)(O)OC[C@@H](O)COP(=O)(O)OC[C@@H](COC(=O)CCCCCCCCC)OC(=O)CCCCCCCCC(C)C)OC(=O)CCCCCCCCCCCCCCCCCCCCC(C)C. The van der Waals surface area contributed by atoms with Gasteiger partial charge in [0.15, 0.2) is 12.2 Å². The van der Waals surface area contributed by atoms with E-state index in [1.807, 2.05) is 0 Å². The van der Waals surface area contributed by atoms with E-state index in [0.29, 0.717) is 31.6 Å². The summed E-state index contributed by atoms with van der Waals surface area (Å²) in [5.41, 5.74) is 0. The third-order valence-corrected chi connectivity index (χ3v) is 20.4. The van der Waals surface area contributed by atoms with E-state index in [1.54, 1.807) is 0 Å². The minimum Gasteiger partial charge on any atom is -0.462 e. The molecule has 0 aromatic rings. The Morgan fingerprint density at radius 2 is 0.469 bits per heavy atom. The van der Waals surface area contributed by atoms with Gasteiger partial charge in [0, 0.05) is 25.7 Å². The molecule has 0 heterocycles. The zero-order valence-electron chi connectivity index (χ0n) is 64.1. The largest absolute Gasteiger partial charge is 0.472 e. The number of ether oxygens (including phenoxy) is 4. The summed E-state index contributed by atoms with van der Waals surface area (Å²) in [5.74, 6) is -0.633. The lowest BCUT2D eigenvalue weighted by Gasteiger charge is -2.21. The molecule has 582 valence electrons. The topological polar surface area (TPSA) is 237 Å². The lowest BCUT2D eigenvalue weighted by Crippen LogP contribution is -2.30. The monoisotopic (exact) mass is 1440 g/mol. The molecule has 17 nitrogen and oxygen atoms in total. The number of hydrogen-bond acceptors (Lipinski definition) is 15. The zero-order chi connectivity index (χ0) is 72.1. The van der Waals surface area contributed by atoms with Crippen molar-refractivity contribution in [2.75, 3.05) is 39.6 Å². The van der Waals surface area contributed by atoms with Crippen LogP contribution in [0.25, 0.3) is 0 Å². The average Bonchev–Trinajstić information content (AvgIpc) is 1.11. The predicted octanol–water partition coefficient (Wildman–Crippen LogP) is 23.5. The first-order valence-electron chi connectivity index (χ1n) is 41.0. The van der Waals surface area contributed by atoms with Crippen molar-refractivity contribution in [3.8, 4) is 0 Å². The van der Waals surface area contributed by atoms with Crippen LogP contribution in [-0.4, -0.2) is 96.7 Å². The summed E-state index contributed by atoms with van der Waals surface area (Å²) in [4.78, 5) is 72.6. The first-order valence-corrected chi connectivity index (χ1v) is 44.0. The highest BCUT2D eigenvalue weighted by molar-refractivity contribution is 7.47. The number of phosphoric ester groups is 2. The van der Waals surface area contributed by atoms with Gasteiger partial charge in [-0.25, -0.2) is 9.13 Å². The maximum absolute atomic E-state index is 13.1. The van der Waals surface area contributed by atoms with Crippen LogP contribution in [0.1, 0.15) is 414 Å². The van der Waals surface area contributed by atoms with Crippen molar-refractivity contribution < 1.29 is 80.2 Å². The third-order valence-electron chi connectivity index (χ3n) is 18.5. The van der Waals surface area contributed by atoms with E-state index in [-0.39, 0.29) is 25.7 Å². The molecule has 0 rings (SSSR count). The Bertz CT molecular complexity index is 1890. The molecule has 0 bridgehead atoms. The lowest BCUT2D eigenvalue weighted by molar-refractivity contribution is -0.161. The van der Waals surface area contributed by atoms with Crippen LogP contribution in [0.4, 0.5) is 0 Å². The predicted molar refractivity (Wildman–Crippen MR) is 400 cm³/mol. The molecule has 0 amide bonds. The van der Waals surface area contributed by atoms with Crippen LogP contribution < -0.4 is 0 Å². The van der Waals surface area contributed by atoms with E-state index in [2.05, 4.69) is 41.5 Å². The normalized spacial score (nSPS) is 13.9. The first-order chi connectivity index (χ1) is 47.4. The van der Waals surface area contributed by atoms with Crippen molar-refractivity contribution in [3.05, 3.63) is 0 Å². The van der Waals surface area contributed by atoms with Gasteiger partial charge in [-0.15, -0.1) is 0 Å². The van der Waals surface area contributed by atoms with Gasteiger partial charge in [0.2, 0.25) is 0 Å². The van der Waals surface area contributed by atoms with E-state index < -0.39 is 97.5 Å². The van der Waals surface area contributed by atoms with Gasteiger partial charge < -0.3 is 33.8 Å². The van der Waals surface area contributed by atoms with Crippen molar-refractivity contribution in [2.45, 2.75) is 432 Å². The molecule has 0 saturated heterocycles. The summed E-state index contributed by atoms with van der Waals surface area (Å²) in [7, 11) is -9.91. The van der Waals surface area contributed by atoms with Gasteiger partial charge in [-0.2, -0.15) is 0 Å². The van der Waals surface area contributed by atoms with Gasteiger partial charge in [0.05, 0.1) is 26.4 Å². The van der Waals surface area contributed by atoms with Gasteiger partial charge in [0.1, 0.15) is 19.3 Å². The summed E-state index contributed by atoms with van der Waals surface area (Å²) in [6, 6.07) is 0. The molecule has 0 saturated carbocycles. The van der Waals surface area contributed by atoms with Crippen molar-refractivity contribution in [2.24, 2.45) is 11.8 Å². The number of hydrogen-bond donors (Lipinski definition) is 3. The summed E-state index contributed by atoms with van der Waals surface area (Å²) < 4.78 is 68.4. The molecule has 98 heavy (non-hydrogen) atoms. The van der Waals surface area contributed by atoms with Gasteiger partial charge in [-0.1, -0.05) is 363 Å². The number of phosphoric acid groups is 2. The highest BCUT2D eigenvalue weighted by Crippen LogP contribution is 2.45. The van der Waals surface area contributed by atoms with E-state index in [0.717, 1.165) is 109 Å². The van der Waals surface area contributed by atoms with E-state index in [9.17, 15) is 43.2 Å². The maximum atomic E-state index is 13.1. The molecule has 0 aromatic heterocycles. The van der Waals surface area contributed by atoms with E-state index >= 15 is 0 Å². The first kappa shape index (κ1) is 96.1. The average molecular weight is 1440 g/mol. The molecule has 0 radical (unpaired) electrons. The maximum Gasteiger partial charge on any atom is 0.472 e. The number of aliphatic hydroxyl groups excluding tert-OH is 1. The summed E-state index contributed by atoms with van der Waals surface area (Å²) >= 11 is 0. The molecule has 19 heteroatoms. The molecule has 0 aliphatic rings. The van der Waals surface area contributed by atoms with E-state index in [1.165, 1.54) is 218 Å². The van der Waals surface area contributed by atoms with Gasteiger partial charge >= 0.3 is 39.5 Å². The summed E-state index contributed by atoms with van der Waals surface area (Å²) in [5, 5.41) is 10.6. The molecule has 0 spiro atoms. The highest BCUT2D eigenvalue weighted by Gasteiger charge is 2.30. The Labute approximate surface area is 600 Å². The molecule has 0 aliphatic carbocycles. The third kappa shape index (κ3) is 72.4. The molecule has 0 fully saturated rings. The second kappa shape index (κ2) is 70.7. The fraction of sp³-hybridized carbons (Fsp3) is 0.949. The number of carbonyl (C=O) groups excluding carboxylic acids is 4. The minimum atomic E-state index is -4.96. The molecule has 3 N–H and O–H groups in total. The van der Waals surface area contributed by atoms with Crippen LogP contribution in [0.3, 0.4) is 0 Å². The van der Waals surface area contributed by atoms with Crippen LogP contribution in [0, 0.1) is 11.8 Å². The number of carbonyl (C=O) groups is 4. The second-order valence-electron chi connectivity index (χ2n) is 29.4. The van der Waals surface area contributed by atoms with Crippen molar-refractivity contribution >= 4 is 39.5 Å². The van der Waals surface area contributed by atoms with Gasteiger partial charge in [0.25, 0.3) is 0 Å². The molecule has 0 aromatic carbocycles. The molecular formula is C79H154O17P2. The number of unbranched alkanes of at least 4 members (excludes halogenated alkanes) is 48. The minimum absolute atomic E-state index is 0.102. The Balaban J connectivity index is 5.12. The Morgan fingerprint density at radius 3 is 0.694 bits per heavy atom. The lowest BCUT2D eigenvalue weighted by atomic mass is 10.0. The van der Waals surface area contributed by atoms with Crippen molar-refractivity contribution in [1.29, 1.82) is 0 Å². The van der Waals surface area contributed by atoms with Crippen LogP contribution in [0.15, 0.2) is 0 Å². The Kier molecular flexibility index (Phi) is 69.3. The van der Waals surface area contributed by atoms with Crippen LogP contribution in [0.5, 0.6) is 0 Å². The fourth-order valence-corrected chi connectivity index (χ4v) is 13.8. The van der Waals surface area contributed by atoms with Crippen LogP contribution in [-0.2, 0) is 65.4 Å². The van der Waals surface area contributed by atoms with Crippen LogP contribution in [0.2, 0.25) is 0 Å². The van der Waals surface area contributed by atoms with Gasteiger partial charge in [-0.05, 0) is 37.5 Å². The van der Waals surface area contributed by atoms with Crippen molar-refractivity contribution in [1.82, 2.24) is 0 Å². The van der Waals surface area contributed by atoms with Crippen LogP contribution >= 0.6 is 15.6 Å². The van der Waals surface area contributed by atoms with Gasteiger partial charge in [-0.3, -0.25) is 37.3 Å². The standard InChI is InChI=1S/C79H154O17P2/c1-7-9-11-13-15-16-17-18-19-20-21-22-23-27-30-33-36-39-43-50-56-62-77(82)90-68-74(95-78(83)63-57-51-44-40-37-34-31-28-25-24-26-29-32-35-38-42-47-53-59-71(3)4)69-93-97(85,86)91-65-73(80)66-92-98(87,88)94-70-75(67-89-76(81)61-55-49-41-14-12-10-8-2)96-79(84)64-58-52-46-45-48-54-60-72(5)6/h71-75,80H,7-70H2,1-6H3,(H,85,86)(H,87,88)/t73-,74-,75-/m1/s1. The highest BCUT2D eigenvalue weighted by atomic mass is 31.2. The molecule has 0 aliphatic heterocycles. The summed E-state index contributed by atoms with van der Waals surface area (Å²) in [6.07, 6.45) is 60.3. The van der Waals surface area contributed by atoms with E-state index in [4.69, 9.17) is 37.0 Å². The quantitative estimate of drug-likeness (QED) is 0.0222. The Hall–Kier alpha value is -1.94.